The second-order valence-corrected chi connectivity index (χ2v) is 4.81. The number of carbonyl (C=O) groups excluding carboxylic acids is 1. The van der Waals surface area contributed by atoms with Gasteiger partial charge >= 0.3 is 0 Å². The van der Waals surface area contributed by atoms with Crippen molar-refractivity contribution < 1.29 is 9.53 Å². The zero-order valence-electron chi connectivity index (χ0n) is 11.5. The predicted molar refractivity (Wildman–Crippen MR) is 77.1 cm³/mol. The molecule has 1 saturated heterocycles. The van der Waals surface area contributed by atoms with Crippen molar-refractivity contribution in [1.29, 1.82) is 0 Å². The molecule has 1 heterocycles. The van der Waals surface area contributed by atoms with E-state index >= 15 is 0 Å². The van der Waals surface area contributed by atoms with Crippen LogP contribution in [0.15, 0.2) is 30.3 Å². The molecule has 1 aliphatic heterocycles. The second kappa shape index (κ2) is 6.98. The summed E-state index contributed by atoms with van der Waals surface area (Å²) in [6, 6.07) is 7.71. The van der Waals surface area contributed by atoms with Crippen molar-refractivity contribution in [1.82, 2.24) is 4.90 Å². The Morgan fingerprint density at radius 2 is 1.84 bits per heavy atom. The number of methoxy groups -OCH3 is 1. The fraction of sp³-hybridized carbons (Fsp3) is 0.438. The minimum Gasteiger partial charge on any atom is -0.496 e. The van der Waals surface area contributed by atoms with Crippen LogP contribution in [0.3, 0.4) is 0 Å². The van der Waals surface area contributed by atoms with Crippen molar-refractivity contribution in [3.63, 3.8) is 0 Å². The number of hydrogen-bond donors (Lipinski definition) is 0. The van der Waals surface area contributed by atoms with Crippen molar-refractivity contribution in [2.75, 3.05) is 20.2 Å². The Kier molecular flexibility index (Phi) is 5.01. The van der Waals surface area contributed by atoms with Gasteiger partial charge in [-0.2, -0.15) is 0 Å². The van der Waals surface area contributed by atoms with Gasteiger partial charge in [-0.3, -0.25) is 4.79 Å². The van der Waals surface area contributed by atoms with Crippen molar-refractivity contribution in [3.05, 3.63) is 35.9 Å². The summed E-state index contributed by atoms with van der Waals surface area (Å²) in [5.41, 5.74) is 0.938. The van der Waals surface area contributed by atoms with Gasteiger partial charge < -0.3 is 9.64 Å². The van der Waals surface area contributed by atoms with E-state index in [1.807, 2.05) is 35.2 Å². The highest BCUT2D eigenvalue weighted by atomic mass is 16.5. The fourth-order valence-corrected chi connectivity index (χ4v) is 2.36. The van der Waals surface area contributed by atoms with Crippen LogP contribution in [-0.4, -0.2) is 31.0 Å². The van der Waals surface area contributed by atoms with Crippen molar-refractivity contribution in [3.8, 4) is 5.75 Å². The first-order valence-corrected chi connectivity index (χ1v) is 6.91. The molecule has 0 saturated carbocycles. The van der Waals surface area contributed by atoms with Gasteiger partial charge in [0.1, 0.15) is 5.75 Å². The normalized spacial score (nSPS) is 16.4. The van der Waals surface area contributed by atoms with E-state index < -0.39 is 0 Å². The molecule has 1 aromatic carbocycles. The zero-order valence-corrected chi connectivity index (χ0v) is 11.5. The van der Waals surface area contributed by atoms with Crippen LogP contribution in [0.5, 0.6) is 5.75 Å². The number of hydrogen-bond acceptors (Lipinski definition) is 2. The summed E-state index contributed by atoms with van der Waals surface area (Å²) >= 11 is 0. The van der Waals surface area contributed by atoms with E-state index in [9.17, 15) is 4.79 Å². The second-order valence-electron chi connectivity index (χ2n) is 4.81. The lowest BCUT2D eigenvalue weighted by molar-refractivity contribution is -0.125. The Bertz CT molecular complexity index is 446. The molecule has 2 rings (SSSR count). The lowest BCUT2D eigenvalue weighted by atomic mass is 10.2. The van der Waals surface area contributed by atoms with E-state index in [4.69, 9.17) is 4.74 Å². The van der Waals surface area contributed by atoms with Gasteiger partial charge in [0.25, 0.3) is 0 Å². The summed E-state index contributed by atoms with van der Waals surface area (Å²) in [7, 11) is 1.64. The Labute approximate surface area is 114 Å². The van der Waals surface area contributed by atoms with Gasteiger partial charge in [-0.15, -0.1) is 0 Å². The maximum absolute atomic E-state index is 12.1. The van der Waals surface area contributed by atoms with Gasteiger partial charge in [0.15, 0.2) is 0 Å². The first-order chi connectivity index (χ1) is 9.31. The molecule has 3 nitrogen and oxygen atoms in total. The van der Waals surface area contributed by atoms with Crippen LogP contribution >= 0.6 is 0 Å². The van der Waals surface area contributed by atoms with Gasteiger partial charge in [0.05, 0.1) is 7.11 Å². The quantitative estimate of drug-likeness (QED) is 0.781. The lowest BCUT2D eigenvalue weighted by Gasteiger charge is -2.18. The summed E-state index contributed by atoms with van der Waals surface area (Å²) in [4.78, 5) is 14.1. The minimum atomic E-state index is 0.104. The lowest BCUT2D eigenvalue weighted by Crippen LogP contribution is -2.30. The molecule has 1 aromatic rings. The van der Waals surface area contributed by atoms with E-state index in [0.717, 1.165) is 37.2 Å². The van der Waals surface area contributed by atoms with Gasteiger partial charge in [-0.05, 0) is 25.0 Å². The number of ether oxygens (including phenoxy) is 1. The number of nitrogens with zero attached hydrogens (tertiary/aromatic N) is 1. The molecular formula is C16H21NO2. The summed E-state index contributed by atoms with van der Waals surface area (Å²) in [5, 5.41) is 0. The van der Waals surface area contributed by atoms with E-state index in [-0.39, 0.29) is 5.91 Å². The van der Waals surface area contributed by atoms with Gasteiger partial charge in [-0.25, -0.2) is 0 Å². The largest absolute Gasteiger partial charge is 0.496 e. The highest BCUT2D eigenvalue weighted by Gasteiger charge is 2.12. The Balaban J connectivity index is 2.02. The van der Waals surface area contributed by atoms with Crippen LogP contribution in [0.2, 0.25) is 0 Å². The number of carbonyl (C=O) groups is 1. The predicted octanol–water partition coefficient (Wildman–Crippen LogP) is 3.11. The molecule has 0 unspecified atom stereocenters. The minimum absolute atomic E-state index is 0.104. The van der Waals surface area contributed by atoms with E-state index in [1.54, 1.807) is 13.2 Å². The third kappa shape index (κ3) is 3.85. The third-order valence-corrected chi connectivity index (χ3v) is 3.46. The Morgan fingerprint density at radius 3 is 2.53 bits per heavy atom. The van der Waals surface area contributed by atoms with Crippen LogP contribution in [0.25, 0.3) is 6.08 Å². The average molecular weight is 259 g/mol. The monoisotopic (exact) mass is 259 g/mol. The van der Waals surface area contributed by atoms with E-state index in [1.165, 1.54) is 12.8 Å². The smallest absolute Gasteiger partial charge is 0.246 e. The number of benzene rings is 1. The Hall–Kier alpha value is -1.77. The highest BCUT2D eigenvalue weighted by Crippen LogP contribution is 2.19. The van der Waals surface area contributed by atoms with Crippen LogP contribution in [0.4, 0.5) is 0 Å². The zero-order chi connectivity index (χ0) is 13.5. The fourth-order valence-electron chi connectivity index (χ4n) is 2.36. The average Bonchev–Trinajstić information content (AvgIpc) is 2.74. The molecule has 0 aromatic heterocycles. The molecule has 0 bridgehead atoms. The summed E-state index contributed by atoms with van der Waals surface area (Å²) < 4.78 is 5.27. The van der Waals surface area contributed by atoms with E-state index in [2.05, 4.69) is 0 Å². The van der Waals surface area contributed by atoms with Crippen molar-refractivity contribution in [2.24, 2.45) is 0 Å². The number of likely N-dealkylation sites (tertiary alicyclic amines) is 1. The first kappa shape index (κ1) is 13.7. The molecule has 0 spiro atoms. The summed E-state index contributed by atoms with van der Waals surface area (Å²) in [5.74, 6) is 0.898. The molecule has 0 atom stereocenters. The molecule has 0 N–H and O–H groups in total. The molecule has 0 aliphatic carbocycles. The Morgan fingerprint density at radius 1 is 1.16 bits per heavy atom. The molecular weight excluding hydrogens is 238 g/mol. The van der Waals surface area contributed by atoms with Crippen molar-refractivity contribution >= 4 is 12.0 Å². The van der Waals surface area contributed by atoms with Crippen LogP contribution < -0.4 is 4.74 Å². The van der Waals surface area contributed by atoms with Gasteiger partial charge in [-0.1, -0.05) is 31.0 Å². The highest BCUT2D eigenvalue weighted by molar-refractivity contribution is 5.92. The standard InChI is InChI=1S/C16H21NO2/c1-19-15-9-5-4-8-14(15)10-11-16(18)17-12-6-2-3-7-13-17/h4-5,8-11H,2-3,6-7,12-13H2,1H3/b11-10+. The van der Waals surface area contributed by atoms with Crippen LogP contribution in [0.1, 0.15) is 31.2 Å². The van der Waals surface area contributed by atoms with Gasteiger partial charge in [0.2, 0.25) is 5.91 Å². The van der Waals surface area contributed by atoms with Gasteiger partial charge in [0, 0.05) is 24.7 Å². The first-order valence-electron chi connectivity index (χ1n) is 6.91. The number of rotatable bonds is 3. The van der Waals surface area contributed by atoms with Crippen molar-refractivity contribution in [2.45, 2.75) is 25.7 Å². The molecule has 3 heteroatoms. The topological polar surface area (TPSA) is 29.5 Å². The number of amides is 1. The van der Waals surface area contributed by atoms with Crippen LogP contribution in [0, 0.1) is 0 Å². The molecule has 1 fully saturated rings. The molecule has 1 aliphatic rings. The molecule has 102 valence electrons. The third-order valence-electron chi connectivity index (χ3n) is 3.46. The van der Waals surface area contributed by atoms with Crippen LogP contribution in [-0.2, 0) is 4.79 Å². The summed E-state index contributed by atoms with van der Waals surface area (Å²) in [6.07, 6.45) is 8.21. The van der Waals surface area contributed by atoms with E-state index in [0.29, 0.717) is 0 Å². The SMILES string of the molecule is COc1ccccc1/C=C/C(=O)N1CCCCCC1. The molecule has 1 amide bonds. The number of para-hydroxylation sites is 1. The molecule has 0 radical (unpaired) electrons. The summed E-state index contributed by atoms with van der Waals surface area (Å²) in [6.45, 7) is 1.77. The molecule has 19 heavy (non-hydrogen) atoms. The maximum atomic E-state index is 12.1. The maximum Gasteiger partial charge on any atom is 0.246 e.